The summed E-state index contributed by atoms with van der Waals surface area (Å²) in [5.74, 6) is 0. The standard InChI is InChI=1S/C28H20BN/c1-3-11-20(12-4-1)27-23-16-8-9-17-24(23)29-25(28(27)21-13-5-2-6-14-21)19-22-15-7-10-18-26(22)30-29/h1-19,30H. The summed E-state index contributed by atoms with van der Waals surface area (Å²) in [6.07, 6.45) is 2.37. The highest BCUT2D eigenvalue weighted by Gasteiger charge is 2.37. The molecule has 0 saturated carbocycles. The largest absolute Gasteiger partial charge is 0.420 e. The van der Waals surface area contributed by atoms with Crippen molar-refractivity contribution in [2.45, 2.75) is 0 Å². The number of hydrogen-bond acceptors (Lipinski definition) is 1. The third-order valence-electron chi connectivity index (χ3n) is 6.09. The lowest BCUT2D eigenvalue weighted by Gasteiger charge is -2.35. The zero-order valence-electron chi connectivity index (χ0n) is 16.5. The molecular formula is C28H20BN. The minimum absolute atomic E-state index is 0.138. The zero-order valence-corrected chi connectivity index (χ0v) is 16.5. The van der Waals surface area contributed by atoms with Crippen molar-refractivity contribution in [1.29, 1.82) is 0 Å². The number of benzene rings is 4. The van der Waals surface area contributed by atoms with E-state index in [0.29, 0.717) is 0 Å². The molecular weight excluding hydrogens is 361 g/mol. The van der Waals surface area contributed by atoms with Crippen LogP contribution in [0.5, 0.6) is 0 Å². The van der Waals surface area contributed by atoms with E-state index in [9.17, 15) is 0 Å². The molecule has 6 rings (SSSR count). The second-order valence-corrected chi connectivity index (χ2v) is 7.83. The van der Waals surface area contributed by atoms with Crippen molar-refractivity contribution in [2.24, 2.45) is 0 Å². The van der Waals surface area contributed by atoms with Gasteiger partial charge in [0.15, 0.2) is 0 Å². The van der Waals surface area contributed by atoms with Crippen LogP contribution in [0, 0.1) is 0 Å². The molecule has 2 heteroatoms. The molecule has 0 atom stereocenters. The predicted molar refractivity (Wildman–Crippen MR) is 129 cm³/mol. The van der Waals surface area contributed by atoms with E-state index < -0.39 is 0 Å². The van der Waals surface area contributed by atoms with Crippen molar-refractivity contribution in [3.05, 3.63) is 137 Å². The van der Waals surface area contributed by atoms with Gasteiger partial charge in [-0.25, -0.2) is 0 Å². The molecule has 140 valence electrons. The average molecular weight is 381 g/mol. The summed E-state index contributed by atoms with van der Waals surface area (Å²) in [5.41, 5.74) is 11.5. The third kappa shape index (κ3) is 2.65. The van der Waals surface area contributed by atoms with Gasteiger partial charge in [-0.15, -0.1) is 0 Å². The maximum Gasteiger partial charge on any atom is 0.322 e. The van der Waals surface area contributed by atoms with E-state index in [2.05, 4.69) is 120 Å². The lowest BCUT2D eigenvalue weighted by atomic mass is 9.42. The Morgan fingerprint density at radius 1 is 0.533 bits per heavy atom. The van der Waals surface area contributed by atoms with Crippen LogP contribution in [0.2, 0.25) is 0 Å². The number of fused-ring (bicyclic) bond motifs is 4. The van der Waals surface area contributed by atoms with E-state index in [1.54, 1.807) is 0 Å². The van der Waals surface area contributed by atoms with Crippen molar-refractivity contribution in [3.8, 4) is 0 Å². The van der Waals surface area contributed by atoms with Crippen LogP contribution in [0.25, 0.3) is 17.2 Å². The molecule has 0 aromatic heterocycles. The summed E-state index contributed by atoms with van der Waals surface area (Å²) in [4.78, 5) is 0. The fourth-order valence-corrected chi connectivity index (χ4v) is 4.78. The first-order chi connectivity index (χ1) is 14.9. The third-order valence-corrected chi connectivity index (χ3v) is 6.09. The minimum Gasteiger partial charge on any atom is -0.420 e. The fraction of sp³-hybridized carbons (Fsp3) is 0. The first-order valence-electron chi connectivity index (χ1n) is 10.4. The molecule has 0 amide bonds. The van der Waals surface area contributed by atoms with Gasteiger partial charge in [0.05, 0.1) is 0 Å². The molecule has 4 aromatic rings. The van der Waals surface area contributed by atoms with Gasteiger partial charge in [-0.3, -0.25) is 0 Å². The van der Waals surface area contributed by atoms with Gasteiger partial charge < -0.3 is 5.23 Å². The van der Waals surface area contributed by atoms with Crippen molar-refractivity contribution >= 4 is 35.2 Å². The summed E-state index contributed by atoms with van der Waals surface area (Å²) in [7, 11) is 0. The molecule has 2 heterocycles. The lowest BCUT2D eigenvalue weighted by molar-refractivity contribution is 1.50. The lowest BCUT2D eigenvalue weighted by Crippen LogP contribution is -2.46. The molecule has 0 unspecified atom stereocenters. The highest BCUT2D eigenvalue weighted by atomic mass is 14.8. The highest BCUT2D eigenvalue weighted by molar-refractivity contribution is 6.87. The Kier molecular flexibility index (Phi) is 3.95. The highest BCUT2D eigenvalue weighted by Crippen LogP contribution is 2.43. The molecule has 0 radical (unpaired) electrons. The summed E-state index contributed by atoms with van der Waals surface area (Å²) in [5, 5.41) is 3.82. The van der Waals surface area contributed by atoms with E-state index in [1.165, 1.54) is 50.0 Å². The van der Waals surface area contributed by atoms with Crippen LogP contribution in [0.4, 0.5) is 5.69 Å². The smallest absolute Gasteiger partial charge is 0.322 e. The van der Waals surface area contributed by atoms with Gasteiger partial charge >= 0.3 is 6.85 Å². The predicted octanol–water partition coefficient (Wildman–Crippen LogP) is 5.91. The average Bonchev–Trinajstić information content (AvgIpc) is 2.83. The van der Waals surface area contributed by atoms with Crippen molar-refractivity contribution < 1.29 is 0 Å². The molecule has 0 saturated heterocycles. The maximum absolute atomic E-state index is 3.82. The summed E-state index contributed by atoms with van der Waals surface area (Å²) >= 11 is 0. The summed E-state index contributed by atoms with van der Waals surface area (Å²) in [6.45, 7) is 0.138. The Bertz CT molecular complexity index is 1300. The van der Waals surface area contributed by atoms with E-state index in [0.717, 1.165) is 0 Å². The molecule has 4 aromatic carbocycles. The number of rotatable bonds is 2. The zero-order chi connectivity index (χ0) is 19.9. The quantitative estimate of drug-likeness (QED) is 0.426. The SMILES string of the molecule is C1=C2B(Nc3ccccc31)c1ccccc1C(c1ccccc1)=C2c1ccccc1. The van der Waals surface area contributed by atoms with Crippen LogP contribution in [-0.4, -0.2) is 6.85 Å². The van der Waals surface area contributed by atoms with Gasteiger partial charge in [0.2, 0.25) is 0 Å². The van der Waals surface area contributed by atoms with Crippen LogP contribution >= 0.6 is 0 Å². The van der Waals surface area contributed by atoms with E-state index >= 15 is 0 Å². The normalized spacial score (nSPS) is 14.3. The number of allylic oxidation sites excluding steroid dienone is 2. The second kappa shape index (κ2) is 6.93. The topological polar surface area (TPSA) is 12.0 Å². The van der Waals surface area contributed by atoms with Gasteiger partial charge in [0, 0.05) is 5.69 Å². The summed E-state index contributed by atoms with van der Waals surface area (Å²) in [6, 6.07) is 39.0. The van der Waals surface area contributed by atoms with Crippen LogP contribution in [0.15, 0.2) is 115 Å². The van der Waals surface area contributed by atoms with E-state index in [4.69, 9.17) is 0 Å². The van der Waals surface area contributed by atoms with Crippen LogP contribution in [0.3, 0.4) is 0 Å². The van der Waals surface area contributed by atoms with Crippen molar-refractivity contribution in [2.75, 3.05) is 5.23 Å². The van der Waals surface area contributed by atoms with Gasteiger partial charge in [-0.2, -0.15) is 0 Å². The van der Waals surface area contributed by atoms with Crippen LogP contribution in [-0.2, 0) is 0 Å². The molecule has 1 nitrogen and oxygen atoms in total. The molecule has 2 aliphatic heterocycles. The molecule has 1 N–H and O–H groups in total. The molecule has 0 spiro atoms. The Hall–Kier alpha value is -3.78. The first-order valence-corrected chi connectivity index (χ1v) is 10.4. The van der Waals surface area contributed by atoms with Crippen LogP contribution < -0.4 is 10.7 Å². The Morgan fingerprint density at radius 3 is 1.90 bits per heavy atom. The van der Waals surface area contributed by atoms with E-state index in [-0.39, 0.29) is 6.85 Å². The first kappa shape index (κ1) is 17.1. The fourth-order valence-electron chi connectivity index (χ4n) is 4.78. The number of hydrogen-bond donors (Lipinski definition) is 1. The molecule has 30 heavy (non-hydrogen) atoms. The van der Waals surface area contributed by atoms with Crippen molar-refractivity contribution in [3.63, 3.8) is 0 Å². The number of para-hydroxylation sites is 1. The minimum atomic E-state index is 0.138. The van der Waals surface area contributed by atoms with Gasteiger partial charge in [0.25, 0.3) is 0 Å². The molecule has 0 aliphatic carbocycles. The van der Waals surface area contributed by atoms with Gasteiger partial charge in [0.1, 0.15) is 0 Å². The summed E-state index contributed by atoms with van der Waals surface area (Å²) < 4.78 is 0. The van der Waals surface area contributed by atoms with E-state index in [1.807, 2.05) is 0 Å². The molecule has 0 fully saturated rings. The Labute approximate surface area is 177 Å². The Morgan fingerprint density at radius 2 is 1.13 bits per heavy atom. The van der Waals surface area contributed by atoms with Gasteiger partial charge in [-0.1, -0.05) is 109 Å². The maximum atomic E-state index is 3.82. The second-order valence-electron chi connectivity index (χ2n) is 7.83. The number of anilines is 1. The monoisotopic (exact) mass is 381 g/mol. The molecule has 2 aliphatic rings. The van der Waals surface area contributed by atoms with Gasteiger partial charge in [-0.05, 0) is 50.4 Å². The van der Waals surface area contributed by atoms with Crippen molar-refractivity contribution in [1.82, 2.24) is 0 Å². The molecule has 0 bridgehead atoms. The number of nitrogens with one attached hydrogen (secondary N) is 1. The Balaban J connectivity index is 1.74. The van der Waals surface area contributed by atoms with Crippen LogP contribution in [0.1, 0.15) is 22.3 Å².